The molecule has 6 heteroatoms. The molecule has 2 heterocycles. The lowest BCUT2D eigenvalue weighted by atomic mass is 9.34. The van der Waals surface area contributed by atoms with Gasteiger partial charge in [0.1, 0.15) is 39.0 Å². The zero-order valence-corrected chi connectivity index (χ0v) is 50.5. The summed E-state index contributed by atoms with van der Waals surface area (Å²) in [4.78, 5) is 0. The highest BCUT2D eigenvalue weighted by atomic mass is 79.9. The average Bonchev–Trinajstić information content (AvgIpc) is 0.732. The highest BCUT2D eigenvalue weighted by molar-refractivity contribution is 9.10. The Bertz CT molecular complexity index is 4560. The van der Waals surface area contributed by atoms with E-state index < -0.39 is 0 Å². The van der Waals surface area contributed by atoms with Crippen LogP contribution in [0.25, 0.3) is 89.0 Å². The number of halogens is 1. The molecule has 0 bridgehead atoms. The van der Waals surface area contributed by atoms with Gasteiger partial charge >= 0.3 is 0 Å². The van der Waals surface area contributed by atoms with Crippen LogP contribution >= 0.6 is 15.9 Å². The fraction of sp³-hybridized carbons (Fsp3) is 0. The number of benzene rings is 14. The van der Waals surface area contributed by atoms with E-state index in [1.807, 2.05) is 109 Å². The maximum Gasteiger partial charge on any atom is 0.260 e. The van der Waals surface area contributed by atoms with Crippen molar-refractivity contribution in [3.05, 3.63) is 344 Å². The second-order valence-corrected chi connectivity index (χ2v) is 23.0. The van der Waals surface area contributed by atoms with E-state index in [1.165, 1.54) is 0 Å². The molecule has 0 radical (unpaired) electrons. The van der Waals surface area contributed by atoms with Crippen molar-refractivity contribution in [1.82, 2.24) is 0 Å². The van der Waals surface area contributed by atoms with Crippen LogP contribution in [0.2, 0.25) is 0 Å². The van der Waals surface area contributed by atoms with Crippen molar-refractivity contribution in [2.75, 3.05) is 0 Å². The second-order valence-electron chi connectivity index (χ2n) is 22.2. The topological polar surface area (TPSA) is 36.9 Å². The summed E-state index contributed by atoms with van der Waals surface area (Å²) < 4.78 is 28.9. The van der Waals surface area contributed by atoms with Crippen molar-refractivity contribution in [3.8, 4) is 135 Å². The zero-order valence-electron chi connectivity index (χ0n) is 48.9. The Kier molecular flexibility index (Phi) is 15.3. The molecule has 426 valence electrons. The van der Waals surface area contributed by atoms with Crippen LogP contribution in [0.15, 0.2) is 344 Å². The lowest BCUT2D eigenvalue weighted by Crippen LogP contribution is -2.57. The summed E-state index contributed by atoms with van der Waals surface area (Å²) in [5.74, 6) is 6.37. The van der Waals surface area contributed by atoms with Crippen LogP contribution in [0.1, 0.15) is 0 Å². The lowest BCUT2D eigenvalue weighted by molar-refractivity contribution is 0.459. The Balaban J connectivity index is 0.000000150. The maximum atomic E-state index is 7.14. The molecular weight excluding hydrogens is 1160 g/mol. The molecule has 4 nitrogen and oxygen atoms in total. The van der Waals surface area contributed by atoms with Gasteiger partial charge in [0, 0.05) is 50.0 Å². The van der Waals surface area contributed by atoms with Gasteiger partial charge in [-0.25, -0.2) is 0 Å². The van der Waals surface area contributed by atoms with Crippen molar-refractivity contribution in [2.45, 2.75) is 0 Å². The Labute approximate surface area is 533 Å². The van der Waals surface area contributed by atoms with Gasteiger partial charge in [0.05, 0.1) is 0 Å². The third kappa shape index (κ3) is 10.7. The number of rotatable bonds is 12. The number of hydrogen-bond acceptors (Lipinski definition) is 4. The molecule has 0 amide bonds. The molecule has 0 aliphatic carbocycles. The lowest BCUT2D eigenvalue weighted by Gasteiger charge is -2.36. The van der Waals surface area contributed by atoms with E-state index in [4.69, 9.17) is 18.9 Å². The molecule has 14 aromatic carbocycles. The molecule has 0 atom stereocenters. The maximum absolute atomic E-state index is 7.14. The zero-order chi connectivity index (χ0) is 60.2. The molecule has 0 spiro atoms. The van der Waals surface area contributed by atoms with E-state index in [-0.39, 0.29) is 6.71 Å². The largest absolute Gasteiger partial charge is 0.457 e. The van der Waals surface area contributed by atoms with Gasteiger partial charge in [-0.1, -0.05) is 315 Å². The van der Waals surface area contributed by atoms with Crippen LogP contribution < -0.4 is 35.3 Å². The minimum Gasteiger partial charge on any atom is -0.457 e. The predicted molar refractivity (Wildman–Crippen MR) is 375 cm³/mol. The van der Waals surface area contributed by atoms with E-state index in [2.05, 4.69) is 246 Å². The Hall–Kier alpha value is -11.2. The predicted octanol–water partition coefficient (Wildman–Crippen LogP) is 21.8. The molecule has 0 N–H and O–H groups in total. The third-order valence-corrected chi connectivity index (χ3v) is 17.5. The monoisotopic (exact) mass is 1220 g/mol. The SMILES string of the molecule is Brc1c(Oc2ccccc2-c2ccccc2)c(-c2ccccc2)cc(-c2ccccc2)c1Oc1ccccc1-c1ccccc1.c1ccc(-c2cccc3c2Oc2c(-c4ccccc4)cc(-c4ccccc4)c4c2B3c2cccc(-c3ccccc3)c2O4)cc1. The van der Waals surface area contributed by atoms with Crippen LogP contribution in [-0.4, -0.2) is 6.71 Å². The van der Waals surface area contributed by atoms with Crippen molar-refractivity contribution < 1.29 is 18.9 Å². The van der Waals surface area contributed by atoms with Crippen LogP contribution in [-0.2, 0) is 0 Å². The summed E-state index contributed by atoms with van der Waals surface area (Å²) in [5, 5.41) is 0. The number of para-hydroxylation sites is 4. The summed E-state index contributed by atoms with van der Waals surface area (Å²) in [7, 11) is 0. The van der Waals surface area contributed by atoms with Gasteiger partial charge in [-0.2, -0.15) is 0 Å². The van der Waals surface area contributed by atoms with E-state index >= 15 is 0 Å². The van der Waals surface area contributed by atoms with Gasteiger partial charge in [0.2, 0.25) is 0 Å². The first-order valence-electron chi connectivity index (χ1n) is 30.3. The Morgan fingerprint density at radius 2 is 0.489 bits per heavy atom. The second kappa shape index (κ2) is 24.9. The molecule has 0 unspecified atom stereocenters. The van der Waals surface area contributed by atoms with Crippen molar-refractivity contribution >= 4 is 39.0 Å². The summed E-state index contributed by atoms with van der Waals surface area (Å²) in [6.45, 7) is -0.0825. The summed E-state index contributed by atoms with van der Waals surface area (Å²) >= 11 is 4.00. The van der Waals surface area contributed by atoms with E-state index in [9.17, 15) is 0 Å². The van der Waals surface area contributed by atoms with Crippen molar-refractivity contribution in [2.24, 2.45) is 0 Å². The Morgan fingerprint density at radius 3 is 0.822 bits per heavy atom. The van der Waals surface area contributed by atoms with Gasteiger partial charge in [0.15, 0.2) is 11.5 Å². The molecule has 0 saturated carbocycles. The molecule has 0 aromatic heterocycles. The number of fused-ring (bicyclic) bond motifs is 4. The smallest absolute Gasteiger partial charge is 0.260 e. The molecular formula is C84H56BBrO4. The van der Waals surface area contributed by atoms with E-state index in [1.54, 1.807) is 0 Å². The van der Waals surface area contributed by atoms with Gasteiger partial charge in [0.25, 0.3) is 6.71 Å². The van der Waals surface area contributed by atoms with Crippen LogP contribution in [0.5, 0.6) is 46.0 Å². The van der Waals surface area contributed by atoms with Gasteiger partial charge < -0.3 is 18.9 Å². The average molecular weight is 1220 g/mol. The minimum absolute atomic E-state index is 0.0825. The van der Waals surface area contributed by atoms with Gasteiger partial charge in [-0.15, -0.1) is 0 Å². The highest BCUT2D eigenvalue weighted by Crippen LogP contribution is 2.53. The summed E-state index contributed by atoms with van der Waals surface area (Å²) in [5.41, 5.74) is 20.3. The van der Waals surface area contributed by atoms with E-state index in [0.717, 1.165) is 144 Å². The Morgan fingerprint density at radius 1 is 0.233 bits per heavy atom. The first-order chi connectivity index (χ1) is 44.6. The van der Waals surface area contributed by atoms with Crippen LogP contribution in [0.4, 0.5) is 0 Å². The van der Waals surface area contributed by atoms with Crippen LogP contribution in [0, 0.1) is 0 Å². The molecule has 90 heavy (non-hydrogen) atoms. The van der Waals surface area contributed by atoms with Crippen molar-refractivity contribution in [3.63, 3.8) is 0 Å². The molecule has 16 rings (SSSR count). The van der Waals surface area contributed by atoms with Crippen LogP contribution in [0.3, 0.4) is 0 Å². The number of hydrogen-bond donors (Lipinski definition) is 0. The highest BCUT2D eigenvalue weighted by Gasteiger charge is 2.44. The first kappa shape index (κ1) is 55.4. The fourth-order valence-electron chi connectivity index (χ4n) is 12.5. The quantitative estimate of drug-likeness (QED) is 0.114. The molecule has 0 fully saturated rings. The van der Waals surface area contributed by atoms with Gasteiger partial charge in [-0.3, -0.25) is 0 Å². The summed E-state index contributed by atoms with van der Waals surface area (Å²) in [6, 6.07) is 117. The molecule has 2 aliphatic heterocycles. The molecule has 2 aliphatic rings. The third-order valence-electron chi connectivity index (χ3n) is 16.7. The standard InChI is InChI=1S/C42H27BO2.C42H29BrO2/c1-5-15-28(16-6-1)32-23-13-25-36-39(32)44-41-34(30-19-9-3-10-20-30)27-35(31-21-11-4-12-22-31)42-38(41)43(36)37-26-14-24-33(40(37)45-42)29-17-7-2-8-18-29;43-40-41(44-38-27-15-13-25-34(38)30-17-5-1-6-18-30)36(32-21-9-3-10-22-32)29-37(33-23-11-4-12-24-33)42(40)45-39-28-16-14-26-35(39)31-19-7-2-8-20-31/h1-27H;1-29H. The summed E-state index contributed by atoms with van der Waals surface area (Å²) in [6.07, 6.45) is 0. The molecule has 14 aromatic rings. The molecule has 0 saturated heterocycles. The van der Waals surface area contributed by atoms with Crippen molar-refractivity contribution in [1.29, 1.82) is 0 Å². The van der Waals surface area contributed by atoms with Gasteiger partial charge in [-0.05, 0) is 95.6 Å². The normalized spacial score (nSPS) is 11.5. The van der Waals surface area contributed by atoms with E-state index in [0.29, 0.717) is 11.5 Å². The minimum atomic E-state index is -0.0825. The number of ether oxygens (including phenoxy) is 4. The fourth-order valence-corrected chi connectivity index (χ4v) is 13.1. The first-order valence-corrected chi connectivity index (χ1v) is 31.1.